The van der Waals surface area contributed by atoms with Gasteiger partial charge in [-0.2, -0.15) is 0 Å². The van der Waals surface area contributed by atoms with Crippen LogP contribution in [-0.4, -0.2) is 29.2 Å². The van der Waals surface area contributed by atoms with Crippen LogP contribution >= 0.6 is 11.8 Å². The van der Waals surface area contributed by atoms with Gasteiger partial charge in [0.25, 0.3) is 0 Å². The monoisotopic (exact) mass is 489 g/mol. The molecule has 6 nitrogen and oxygen atoms in total. The summed E-state index contributed by atoms with van der Waals surface area (Å²) in [5.41, 5.74) is 2.85. The van der Waals surface area contributed by atoms with E-state index in [1.165, 1.54) is 28.8 Å². The lowest BCUT2D eigenvalue weighted by Crippen LogP contribution is -2.43. The van der Waals surface area contributed by atoms with Gasteiger partial charge < -0.3 is 14.6 Å². The van der Waals surface area contributed by atoms with Gasteiger partial charge in [-0.05, 0) is 30.3 Å². The number of carbonyl (C=O) groups excluding carboxylic acids is 2. The SMILES string of the molecule is COc1ccccc1CNC(=O)C1c2c(n(C)c3ccccc23)SCC(=O)N1c1cccc(F)c1. The molecule has 1 aromatic heterocycles. The number of nitrogens with zero attached hydrogens (tertiary/aromatic N) is 2. The molecular weight excluding hydrogens is 465 g/mol. The van der Waals surface area contributed by atoms with Crippen LogP contribution < -0.4 is 15.0 Å². The molecule has 8 heteroatoms. The van der Waals surface area contributed by atoms with Crippen LogP contribution in [0.4, 0.5) is 10.1 Å². The number of para-hydroxylation sites is 2. The fraction of sp³-hybridized carbons (Fsp3) is 0.185. The Hall–Kier alpha value is -3.78. The topological polar surface area (TPSA) is 63.6 Å². The maximum atomic E-state index is 14.2. The summed E-state index contributed by atoms with van der Waals surface area (Å²) in [6, 6.07) is 20.1. The van der Waals surface area contributed by atoms with E-state index in [0.29, 0.717) is 11.4 Å². The van der Waals surface area contributed by atoms with Crippen LogP contribution in [0.1, 0.15) is 17.2 Å². The van der Waals surface area contributed by atoms with Crippen LogP contribution in [0.5, 0.6) is 5.75 Å². The van der Waals surface area contributed by atoms with E-state index >= 15 is 0 Å². The number of hydrogen-bond acceptors (Lipinski definition) is 4. The first-order valence-corrected chi connectivity index (χ1v) is 12.2. The van der Waals surface area contributed by atoms with Crippen molar-refractivity contribution in [2.45, 2.75) is 17.6 Å². The summed E-state index contributed by atoms with van der Waals surface area (Å²) in [6.07, 6.45) is 0. The van der Waals surface area contributed by atoms with Crippen LogP contribution in [0.2, 0.25) is 0 Å². The number of hydrogen-bond donors (Lipinski definition) is 1. The van der Waals surface area contributed by atoms with Crippen molar-refractivity contribution in [2.75, 3.05) is 17.8 Å². The fourth-order valence-corrected chi connectivity index (χ4v) is 5.67. The molecule has 1 aliphatic rings. The van der Waals surface area contributed by atoms with E-state index in [4.69, 9.17) is 4.74 Å². The normalized spacial score (nSPS) is 15.6. The number of halogens is 1. The first-order chi connectivity index (χ1) is 17.0. The first-order valence-electron chi connectivity index (χ1n) is 11.2. The van der Waals surface area contributed by atoms with Crippen molar-refractivity contribution in [3.05, 3.63) is 89.7 Å². The molecule has 4 aromatic rings. The Morgan fingerprint density at radius 3 is 2.69 bits per heavy atom. The number of carbonyl (C=O) groups is 2. The first kappa shape index (κ1) is 23.0. The Balaban J connectivity index is 1.64. The van der Waals surface area contributed by atoms with Gasteiger partial charge in [0.15, 0.2) is 0 Å². The predicted molar refractivity (Wildman–Crippen MR) is 135 cm³/mol. The maximum Gasteiger partial charge on any atom is 0.248 e. The third-order valence-electron chi connectivity index (χ3n) is 6.20. The zero-order valence-corrected chi connectivity index (χ0v) is 20.1. The largest absolute Gasteiger partial charge is 0.496 e. The van der Waals surface area contributed by atoms with Gasteiger partial charge in [-0.3, -0.25) is 14.5 Å². The summed E-state index contributed by atoms with van der Waals surface area (Å²) < 4.78 is 21.7. The van der Waals surface area contributed by atoms with Crippen LogP contribution in [0.25, 0.3) is 10.9 Å². The van der Waals surface area contributed by atoms with E-state index < -0.39 is 11.9 Å². The molecule has 2 amide bonds. The van der Waals surface area contributed by atoms with E-state index in [1.807, 2.05) is 60.1 Å². The Labute approximate surface area is 206 Å². The van der Waals surface area contributed by atoms with Gasteiger partial charge in [0.05, 0.1) is 17.9 Å². The van der Waals surface area contributed by atoms with Crippen molar-refractivity contribution in [1.82, 2.24) is 9.88 Å². The molecule has 178 valence electrons. The number of nitrogens with one attached hydrogen (secondary N) is 1. The molecule has 1 unspecified atom stereocenters. The molecule has 2 heterocycles. The highest BCUT2D eigenvalue weighted by molar-refractivity contribution is 8.00. The molecule has 1 aliphatic heterocycles. The van der Waals surface area contributed by atoms with Crippen molar-refractivity contribution >= 4 is 40.2 Å². The molecule has 0 bridgehead atoms. The van der Waals surface area contributed by atoms with Crippen molar-refractivity contribution in [1.29, 1.82) is 0 Å². The molecule has 5 rings (SSSR count). The third-order valence-corrected chi connectivity index (χ3v) is 7.36. The lowest BCUT2D eigenvalue weighted by Gasteiger charge is -2.30. The van der Waals surface area contributed by atoms with Crippen molar-refractivity contribution < 1.29 is 18.7 Å². The number of aryl methyl sites for hydroxylation is 1. The van der Waals surface area contributed by atoms with Gasteiger partial charge in [-0.15, -0.1) is 0 Å². The number of thioether (sulfide) groups is 1. The highest BCUT2D eigenvalue weighted by Crippen LogP contribution is 2.43. The number of amides is 2. The molecule has 0 fully saturated rings. The Morgan fingerprint density at radius 1 is 1.11 bits per heavy atom. The zero-order valence-electron chi connectivity index (χ0n) is 19.3. The standard InChI is InChI=1S/C27H24FN3O3S/c1-30-21-12-5-4-11-20(21)24-25(26(33)29-15-17-8-3-6-13-22(17)34-2)31(23(32)16-35-27(24)30)19-10-7-9-18(28)14-19/h3-14,25H,15-16H2,1-2H3,(H,29,33). The van der Waals surface area contributed by atoms with Gasteiger partial charge in [0.2, 0.25) is 11.8 Å². The van der Waals surface area contributed by atoms with Crippen molar-refractivity contribution in [2.24, 2.45) is 7.05 Å². The summed E-state index contributed by atoms with van der Waals surface area (Å²) in [7, 11) is 3.51. The van der Waals surface area contributed by atoms with E-state index in [2.05, 4.69) is 5.32 Å². The van der Waals surface area contributed by atoms with E-state index in [-0.39, 0.29) is 24.1 Å². The Morgan fingerprint density at radius 2 is 1.89 bits per heavy atom. The number of methoxy groups -OCH3 is 1. The van der Waals surface area contributed by atoms with Gasteiger partial charge in [-0.1, -0.05) is 54.2 Å². The number of aromatic nitrogens is 1. The van der Waals surface area contributed by atoms with E-state index in [9.17, 15) is 14.0 Å². The Bertz CT molecular complexity index is 1430. The average Bonchev–Trinajstić information content (AvgIpc) is 3.05. The molecule has 0 radical (unpaired) electrons. The second kappa shape index (κ2) is 9.46. The highest BCUT2D eigenvalue weighted by atomic mass is 32.2. The van der Waals surface area contributed by atoms with Crippen LogP contribution in [0, 0.1) is 5.82 Å². The molecular formula is C27H24FN3O3S. The van der Waals surface area contributed by atoms with Crippen molar-refractivity contribution in [3.8, 4) is 5.75 Å². The highest BCUT2D eigenvalue weighted by Gasteiger charge is 2.39. The Kier molecular flexibility index (Phi) is 6.21. The van der Waals surface area contributed by atoms with Crippen LogP contribution in [0.3, 0.4) is 0 Å². The molecule has 0 spiro atoms. The summed E-state index contributed by atoms with van der Waals surface area (Å²) >= 11 is 1.39. The minimum Gasteiger partial charge on any atom is -0.496 e. The van der Waals surface area contributed by atoms with Gasteiger partial charge in [0, 0.05) is 41.3 Å². The minimum absolute atomic E-state index is 0.129. The summed E-state index contributed by atoms with van der Waals surface area (Å²) in [4.78, 5) is 28.7. The number of ether oxygens (including phenoxy) is 1. The molecule has 35 heavy (non-hydrogen) atoms. The smallest absolute Gasteiger partial charge is 0.248 e. The van der Waals surface area contributed by atoms with Gasteiger partial charge in [0.1, 0.15) is 17.6 Å². The third kappa shape index (κ3) is 4.14. The number of anilines is 1. The quantitative estimate of drug-likeness (QED) is 0.437. The lowest BCUT2D eigenvalue weighted by atomic mass is 10.0. The second-order valence-electron chi connectivity index (χ2n) is 8.26. The second-order valence-corrected chi connectivity index (χ2v) is 9.22. The summed E-state index contributed by atoms with van der Waals surface area (Å²) in [5, 5.41) is 4.72. The molecule has 1 atom stereocenters. The summed E-state index contributed by atoms with van der Waals surface area (Å²) in [6.45, 7) is 0.220. The number of fused-ring (bicyclic) bond motifs is 3. The van der Waals surface area contributed by atoms with E-state index in [0.717, 1.165) is 27.1 Å². The predicted octanol–water partition coefficient (Wildman–Crippen LogP) is 4.82. The number of benzene rings is 3. The fourth-order valence-electron chi connectivity index (χ4n) is 4.61. The maximum absolute atomic E-state index is 14.2. The van der Waals surface area contributed by atoms with Crippen LogP contribution in [0.15, 0.2) is 77.8 Å². The van der Waals surface area contributed by atoms with Gasteiger partial charge in [-0.25, -0.2) is 4.39 Å². The van der Waals surface area contributed by atoms with E-state index in [1.54, 1.807) is 19.2 Å². The number of rotatable bonds is 5. The molecule has 0 aliphatic carbocycles. The molecule has 0 saturated heterocycles. The molecule has 3 aromatic carbocycles. The zero-order chi connectivity index (χ0) is 24.5. The lowest BCUT2D eigenvalue weighted by molar-refractivity contribution is -0.125. The minimum atomic E-state index is -0.977. The molecule has 0 saturated carbocycles. The average molecular weight is 490 g/mol. The van der Waals surface area contributed by atoms with Crippen LogP contribution in [-0.2, 0) is 23.2 Å². The van der Waals surface area contributed by atoms with Crippen molar-refractivity contribution in [3.63, 3.8) is 0 Å². The molecule has 1 N–H and O–H groups in total. The summed E-state index contributed by atoms with van der Waals surface area (Å²) in [5.74, 6) is -0.303. The van der Waals surface area contributed by atoms with Gasteiger partial charge >= 0.3 is 0 Å².